The zero-order valence-electron chi connectivity index (χ0n) is 4.78. The summed E-state index contributed by atoms with van der Waals surface area (Å²) >= 11 is 8.82. The summed E-state index contributed by atoms with van der Waals surface area (Å²) < 4.78 is 12.6. The van der Waals surface area contributed by atoms with Crippen molar-refractivity contribution in [3.8, 4) is 0 Å². The highest BCUT2D eigenvalue weighted by atomic mass is 79.9. The Balaban J connectivity index is 2.35. The lowest BCUT2D eigenvalue weighted by Gasteiger charge is -2.25. The molecule has 3 unspecified atom stereocenters. The van der Waals surface area contributed by atoms with Crippen molar-refractivity contribution >= 4 is 27.5 Å². The van der Waals surface area contributed by atoms with Gasteiger partial charge in [0.1, 0.15) is 11.7 Å². The number of hydrogen-bond donors (Lipinski definition) is 1. The molecule has 1 rings (SSSR count). The van der Waals surface area contributed by atoms with Crippen LogP contribution in [0.25, 0.3) is 0 Å². The zero-order chi connectivity index (χ0) is 6.85. The van der Waals surface area contributed by atoms with Gasteiger partial charge in [0, 0.05) is 11.4 Å². The number of halogens is 3. The van der Waals surface area contributed by atoms with E-state index in [0.717, 1.165) is 6.54 Å². The van der Waals surface area contributed by atoms with Gasteiger partial charge in [-0.3, -0.25) is 5.32 Å². The first-order valence-corrected chi connectivity index (χ1v) is 4.21. The van der Waals surface area contributed by atoms with Crippen LogP contribution in [0.3, 0.4) is 0 Å². The number of rotatable bonds is 0. The second-order valence-corrected chi connectivity index (χ2v) is 3.92. The molecule has 0 aromatic rings. The van der Waals surface area contributed by atoms with E-state index < -0.39 is 11.7 Å². The molecule has 1 aliphatic rings. The molecule has 0 saturated carbocycles. The molecule has 0 aliphatic carbocycles. The summed E-state index contributed by atoms with van der Waals surface area (Å²) in [5.41, 5.74) is -0.487. The van der Waals surface area contributed by atoms with Gasteiger partial charge in [-0.15, -0.1) is 11.6 Å². The van der Waals surface area contributed by atoms with E-state index in [2.05, 4.69) is 21.2 Å². The van der Waals surface area contributed by atoms with Gasteiger partial charge in [-0.05, 0) is 6.42 Å². The highest BCUT2D eigenvalue weighted by Gasteiger charge is 2.26. The average molecular weight is 216 g/mol. The van der Waals surface area contributed by atoms with E-state index >= 15 is 0 Å². The lowest BCUT2D eigenvalue weighted by atomic mass is 10.1. The van der Waals surface area contributed by atoms with E-state index in [1.54, 1.807) is 0 Å². The van der Waals surface area contributed by atoms with Crippen molar-refractivity contribution in [2.24, 2.45) is 0 Å². The first-order chi connectivity index (χ1) is 4.20. The summed E-state index contributed by atoms with van der Waals surface area (Å²) in [4.78, 5) is 0.238. The third-order valence-corrected chi connectivity index (χ3v) is 2.46. The molecule has 0 spiro atoms. The molecule has 0 aromatic heterocycles. The molecule has 1 saturated heterocycles. The predicted molar refractivity (Wildman–Crippen MR) is 39.9 cm³/mol. The second-order valence-electron chi connectivity index (χ2n) is 2.16. The molecule has 54 valence electrons. The number of alkyl halides is 3. The van der Waals surface area contributed by atoms with E-state index in [1.165, 1.54) is 0 Å². The minimum atomic E-state index is -0.912. The van der Waals surface area contributed by atoms with Gasteiger partial charge in [-0.2, -0.15) is 0 Å². The molecule has 1 nitrogen and oxygen atoms in total. The second kappa shape index (κ2) is 3.17. The van der Waals surface area contributed by atoms with Crippen LogP contribution in [0.1, 0.15) is 6.42 Å². The Morgan fingerprint density at radius 1 is 1.67 bits per heavy atom. The van der Waals surface area contributed by atoms with Gasteiger partial charge >= 0.3 is 0 Å². The Morgan fingerprint density at radius 2 is 2.33 bits per heavy atom. The number of hydrogen-bond acceptors (Lipinski definition) is 1. The van der Waals surface area contributed by atoms with Crippen LogP contribution in [0.5, 0.6) is 0 Å². The monoisotopic (exact) mass is 215 g/mol. The molecule has 1 aliphatic heterocycles. The first kappa shape index (κ1) is 7.76. The van der Waals surface area contributed by atoms with Gasteiger partial charge in [0.25, 0.3) is 0 Å². The van der Waals surface area contributed by atoms with Crippen molar-refractivity contribution in [3.63, 3.8) is 0 Å². The maximum atomic E-state index is 12.6. The van der Waals surface area contributed by atoms with Crippen LogP contribution >= 0.6 is 27.5 Å². The van der Waals surface area contributed by atoms with E-state index in [0.29, 0.717) is 6.42 Å². The van der Waals surface area contributed by atoms with Gasteiger partial charge < -0.3 is 0 Å². The van der Waals surface area contributed by atoms with E-state index in [1.807, 2.05) is 0 Å². The van der Waals surface area contributed by atoms with Crippen LogP contribution in [-0.2, 0) is 0 Å². The molecule has 1 heterocycles. The van der Waals surface area contributed by atoms with Crippen molar-refractivity contribution in [3.05, 3.63) is 0 Å². The fourth-order valence-electron chi connectivity index (χ4n) is 0.815. The van der Waals surface area contributed by atoms with E-state index in [-0.39, 0.29) is 4.83 Å². The summed E-state index contributed by atoms with van der Waals surface area (Å²) in [6.07, 6.45) is -0.397. The van der Waals surface area contributed by atoms with Crippen molar-refractivity contribution < 1.29 is 4.39 Å². The predicted octanol–water partition coefficient (Wildman–Crippen LogP) is 1.65. The summed E-state index contributed by atoms with van der Waals surface area (Å²) in [5.74, 6) is 0. The first-order valence-electron chi connectivity index (χ1n) is 2.85. The van der Waals surface area contributed by atoms with Crippen molar-refractivity contribution in [2.45, 2.75) is 22.9 Å². The smallest absolute Gasteiger partial charge is 0.130 e. The molecule has 0 amide bonds. The maximum Gasteiger partial charge on any atom is 0.130 e. The summed E-state index contributed by atoms with van der Waals surface area (Å²) in [7, 11) is 0. The third-order valence-electron chi connectivity index (χ3n) is 1.33. The zero-order valence-corrected chi connectivity index (χ0v) is 7.12. The Morgan fingerprint density at radius 3 is 2.78 bits per heavy atom. The standard InChI is InChI=1S/C5H8BrClFN/c6-3-1-4(8)5(7)9-2-3/h3-5,9H,1-2H2. The molecule has 4 heteroatoms. The Bertz CT molecular complexity index is 103. The van der Waals surface area contributed by atoms with Gasteiger partial charge in [-0.1, -0.05) is 15.9 Å². The van der Waals surface area contributed by atoms with Crippen LogP contribution in [-0.4, -0.2) is 23.0 Å². The van der Waals surface area contributed by atoms with Gasteiger partial charge in [0.15, 0.2) is 0 Å². The third kappa shape index (κ3) is 2.06. The molecule has 0 bridgehead atoms. The fourth-order valence-corrected chi connectivity index (χ4v) is 1.55. The molecule has 1 fully saturated rings. The lowest BCUT2D eigenvalue weighted by molar-refractivity contribution is 0.251. The number of nitrogens with one attached hydrogen (secondary N) is 1. The van der Waals surface area contributed by atoms with Gasteiger partial charge in [0.05, 0.1) is 0 Å². The van der Waals surface area contributed by atoms with Crippen LogP contribution in [0.2, 0.25) is 0 Å². The lowest BCUT2D eigenvalue weighted by Crippen LogP contribution is -2.43. The highest BCUT2D eigenvalue weighted by molar-refractivity contribution is 9.09. The van der Waals surface area contributed by atoms with Crippen LogP contribution in [0.15, 0.2) is 0 Å². The minimum absolute atomic E-state index is 0.238. The van der Waals surface area contributed by atoms with Crippen LogP contribution in [0.4, 0.5) is 4.39 Å². The van der Waals surface area contributed by atoms with Crippen LogP contribution < -0.4 is 5.32 Å². The van der Waals surface area contributed by atoms with Crippen molar-refractivity contribution in [1.29, 1.82) is 0 Å². The molecule has 0 radical (unpaired) electrons. The summed E-state index contributed by atoms with van der Waals surface area (Å²) in [6.45, 7) is 0.759. The summed E-state index contributed by atoms with van der Waals surface area (Å²) in [6, 6.07) is 0. The minimum Gasteiger partial charge on any atom is -0.298 e. The Kier molecular flexibility index (Phi) is 2.73. The topological polar surface area (TPSA) is 12.0 Å². The Hall–Kier alpha value is 0.660. The molecule has 9 heavy (non-hydrogen) atoms. The number of piperidine rings is 1. The Labute approximate surface area is 67.1 Å². The fraction of sp³-hybridized carbons (Fsp3) is 1.00. The van der Waals surface area contributed by atoms with E-state index in [4.69, 9.17) is 11.6 Å². The average Bonchev–Trinajstić information content (AvgIpc) is 1.80. The van der Waals surface area contributed by atoms with Crippen LogP contribution in [0, 0.1) is 0 Å². The van der Waals surface area contributed by atoms with Gasteiger partial charge in [-0.25, -0.2) is 4.39 Å². The maximum absolute atomic E-state index is 12.6. The molecule has 1 N–H and O–H groups in total. The van der Waals surface area contributed by atoms with Gasteiger partial charge in [0.2, 0.25) is 0 Å². The van der Waals surface area contributed by atoms with E-state index in [9.17, 15) is 4.39 Å². The largest absolute Gasteiger partial charge is 0.298 e. The SMILES string of the molecule is FC1CC(Br)CNC1Cl. The van der Waals surface area contributed by atoms with Crippen molar-refractivity contribution in [2.75, 3.05) is 6.54 Å². The highest BCUT2D eigenvalue weighted by Crippen LogP contribution is 2.19. The quantitative estimate of drug-likeness (QED) is 0.480. The van der Waals surface area contributed by atoms with Crippen molar-refractivity contribution in [1.82, 2.24) is 5.32 Å². The summed E-state index contributed by atoms with van der Waals surface area (Å²) in [5, 5.41) is 2.83. The molecule has 3 atom stereocenters. The molecule has 0 aromatic carbocycles. The molecular formula is C5H8BrClFN. The molecular weight excluding hydrogens is 208 g/mol. The normalized spacial score (nSPS) is 45.0.